The van der Waals surface area contributed by atoms with Gasteiger partial charge < -0.3 is 14.8 Å². The van der Waals surface area contributed by atoms with Gasteiger partial charge in [0, 0.05) is 6.54 Å². The summed E-state index contributed by atoms with van der Waals surface area (Å²) in [6.07, 6.45) is 0.427. The maximum Gasteiger partial charge on any atom is 0.349 e. The number of carbonyl (C=O) groups excluding carboxylic acids is 3. The van der Waals surface area contributed by atoms with Gasteiger partial charge in [0.1, 0.15) is 15.5 Å². The zero-order valence-electron chi connectivity index (χ0n) is 15.6. The van der Waals surface area contributed by atoms with Crippen molar-refractivity contribution in [3.05, 3.63) is 16.0 Å². The molecule has 0 bridgehead atoms. The molecule has 2 amide bonds. The quantitative estimate of drug-likeness (QED) is 0.747. The van der Waals surface area contributed by atoms with Gasteiger partial charge in [-0.15, -0.1) is 11.3 Å². The highest BCUT2D eigenvalue weighted by molar-refractivity contribution is 7.18. The number of thiophene rings is 1. The van der Waals surface area contributed by atoms with Gasteiger partial charge in [0.05, 0.1) is 12.2 Å². The van der Waals surface area contributed by atoms with Gasteiger partial charge in [-0.2, -0.15) is 0 Å². The van der Waals surface area contributed by atoms with Crippen LogP contribution in [0.2, 0.25) is 0 Å². The predicted molar refractivity (Wildman–Crippen MR) is 97.5 cm³/mol. The summed E-state index contributed by atoms with van der Waals surface area (Å²) in [5.41, 5.74) is 0.0644. The summed E-state index contributed by atoms with van der Waals surface area (Å²) in [6.45, 7) is 11.2. The molecule has 0 radical (unpaired) electrons. The first-order valence-electron chi connectivity index (χ1n) is 8.25. The van der Waals surface area contributed by atoms with E-state index in [9.17, 15) is 14.4 Å². The molecule has 8 heteroatoms. The first-order valence-corrected chi connectivity index (χ1v) is 9.07. The highest BCUT2D eigenvalue weighted by atomic mass is 32.1. The molecule has 25 heavy (non-hydrogen) atoms. The molecule has 0 aliphatic heterocycles. The second-order valence-corrected chi connectivity index (χ2v) is 7.19. The summed E-state index contributed by atoms with van der Waals surface area (Å²) in [4.78, 5) is 37.0. The van der Waals surface area contributed by atoms with Crippen LogP contribution >= 0.6 is 11.3 Å². The molecule has 0 fully saturated rings. The lowest BCUT2D eigenvalue weighted by Gasteiger charge is -2.19. The number of nitrogens with one attached hydrogen (secondary N) is 2. The highest BCUT2D eigenvalue weighted by Crippen LogP contribution is 2.36. The van der Waals surface area contributed by atoms with E-state index in [2.05, 4.69) is 10.6 Å². The van der Waals surface area contributed by atoms with Gasteiger partial charge in [-0.25, -0.2) is 14.4 Å². The van der Waals surface area contributed by atoms with Crippen LogP contribution in [0.15, 0.2) is 0 Å². The largest absolute Gasteiger partial charge is 0.462 e. The van der Waals surface area contributed by atoms with Crippen LogP contribution in [0.4, 0.5) is 9.80 Å². The van der Waals surface area contributed by atoms with Gasteiger partial charge in [0.15, 0.2) is 0 Å². The zero-order valence-corrected chi connectivity index (χ0v) is 16.4. The van der Waals surface area contributed by atoms with E-state index in [1.807, 2.05) is 6.92 Å². The van der Waals surface area contributed by atoms with Crippen molar-refractivity contribution in [3.8, 4) is 0 Å². The minimum atomic E-state index is -0.663. The van der Waals surface area contributed by atoms with Crippen LogP contribution in [0.3, 0.4) is 0 Å². The Bertz CT molecular complexity index is 646. The standard InChI is InChI=1S/C17H26N2O5S/c1-7-10-11(14(20)23-9-3)13(19-16(22)18-8-2)25-12(10)15(21)24-17(4,5)6/h7-9H2,1-6H3,(H2,18,19,22). The number of carbonyl (C=O) groups is 3. The molecule has 0 saturated heterocycles. The van der Waals surface area contributed by atoms with Crippen molar-refractivity contribution in [1.29, 1.82) is 0 Å². The molecule has 1 aromatic rings. The number of hydrogen-bond acceptors (Lipinski definition) is 6. The van der Waals surface area contributed by atoms with E-state index in [-0.39, 0.29) is 17.2 Å². The summed E-state index contributed by atoms with van der Waals surface area (Å²) in [5, 5.41) is 5.50. The van der Waals surface area contributed by atoms with Gasteiger partial charge >= 0.3 is 18.0 Å². The Morgan fingerprint density at radius 2 is 1.72 bits per heavy atom. The maximum atomic E-state index is 12.5. The van der Waals surface area contributed by atoms with E-state index in [0.29, 0.717) is 23.4 Å². The monoisotopic (exact) mass is 370 g/mol. The molecule has 0 saturated carbocycles. The van der Waals surface area contributed by atoms with Crippen molar-refractivity contribution in [2.45, 2.75) is 53.6 Å². The number of amides is 2. The Balaban J connectivity index is 3.36. The highest BCUT2D eigenvalue weighted by Gasteiger charge is 2.30. The number of ether oxygens (including phenoxy) is 2. The first kappa shape index (κ1) is 21.0. The molecule has 0 unspecified atom stereocenters. The average molecular weight is 370 g/mol. The Morgan fingerprint density at radius 3 is 2.20 bits per heavy atom. The van der Waals surface area contributed by atoms with Crippen molar-refractivity contribution in [1.82, 2.24) is 5.32 Å². The SMILES string of the molecule is CCNC(=O)Nc1sc(C(=O)OC(C)(C)C)c(CC)c1C(=O)OCC. The van der Waals surface area contributed by atoms with Gasteiger partial charge in [-0.3, -0.25) is 5.32 Å². The molecule has 1 rings (SSSR count). The number of anilines is 1. The molecule has 0 aliphatic rings. The lowest BCUT2D eigenvalue weighted by Crippen LogP contribution is -2.28. The fourth-order valence-electron chi connectivity index (χ4n) is 2.11. The number of esters is 2. The molecule has 2 N–H and O–H groups in total. The van der Waals surface area contributed by atoms with Crippen LogP contribution in [0.1, 0.15) is 67.1 Å². The Hall–Kier alpha value is -2.09. The van der Waals surface area contributed by atoms with E-state index in [0.717, 1.165) is 11.3 Å². The lowest BCUT2D eigenvalue weighted by molar-refractivity contribution is 0.00741. The maximum absolute atomic E-state index is 12.5. The van der Waals surface area contributed by atoms with Crippen LogP contribution in [0.5, 0.6) is 0 Å². The number of urea groups is 1. The third kappa shape index (κ3) is 5.74. The average Bonchev–Trinajstić information content (AvgIpc) is 2.84. The first-order chi connectivity index (χ1) is 11.6. The van der Waals surface area contributed by atoms with Crippen molar-refractivity contribution in [3.63, 3.8) is 0 Å². The van der Waals surface area contributed by atoms with Crippen molar-refractivity contribution in [2.24, 2.45) is 0 Å². The predicted octanol–water partition coefficient (Wildman–Crippen LogP) is 3.58. The number of rotatable bonds is 6. The van der Waals surface area contributed by atoms with E-state index >= 15 is 0 Å². The second kappa shape index (κ2) is 8.84. The van der Waals surface area contributed by atoms with Gasteiger partial charge in [0.25, 0.3) is 0 Å². The van der Waals surface area contributed by atoms with E-state index in [1.165, 1.54) is 0 Å². The Morgan fingerprint density at radius 1 is 1.08 bits per heavy atom. The van der Waals surface area contributed by atoms with E-state index in [4.69, 9.17) is 9.47 Å². The smallest absolute Gasteiger partial charge is 0.349 e. The summed E-state index contributed by atoms with van der Waals surface area (Å²) < 4.78 is 10.5. The fraction of sp³-hybridized carbons (Fsp3) is 0.588. The van der Waals surface area contributed by atoms with Crippen LogP contribution in [-0.4, -0.2) is 36.7 Å². The summed E-state index contributed by atoms with van der Waals surface area (Å²) in [5.74, 6) is -1.10. The molecule has 0 spiro atoms. The van der Waals surface area contributed by atoms with Crippen LogP contribution in [0.25, 0.3) is 0 Å². The van der Waals surface area contributed by atoms with Crippen molar-refractivity contribution in [2.75, 3.05) is 18.5 Å². The van der Waals surface area contributed by atoms with Crippen LogP contribution < -0.4 is 10.6 Å². The summed E-state index contributed by atoms with van der Waals surface area (Å²) >= 11 is 1.02. The summed E-state index contributed by atoms with van der Waals surface area (Å²) in [7, 11) is 0. The normalized spacial score (nSPS) is 11.0. The lowest BCUT2D eigenvalue weighted by atomic mass is 10.1. The molecule has 0 aliphatic carbocycles. The Labute approximate surface area is 152 Å². The molecular formula is C17H26N2O5S. The second-order valence-electron chi connectivity index (χ2n) is 6.17. The van der Waals surface area contributed by atoms with Crippen molar-refractivity contribution >= 4 is 34.3 Å². The molecule has 7 nitrogen and oxygen atoms in total. The van der Waals surface area contributed by atoms with E-state index < -0.39 is 23.6 Å². The van der Waals surface area contributed by atoms with Gasteiger partial charge in [0.2, 0.25) is 0 Å². The summed E-state index contributed by atoms with van der Waals surface area (Å²) in [6, 6.07) is -0.451. The Kier molecular flexibility index (Phi) is 7.41. The van der Waals surface area contributed by atoms with Crippen LogP contribution in [0, 0.1) is 0 Å². The topological polar surface area (TPSA) is 93.7 Å². The third-order valence-electron chi connectivity index (χ3n) is 2.99. The van der Waals surface area contributed by atoms with Crippen molar-refractivity contribution < 1.29 is 23.9 Å². The zero-order chi connectivity index (χ0) is 19.2. The molecule has 0 atom stereocenters. The van der Waals surface area contributed by atoms with Gasteiger partial charge in [-0.1, -0.05) is 6.92 Å². The van der Waals surface area contributed by atoms with Crippen LogP contribution in [-0.2, 0) is 15.9 Å². The number of hydrogen-bond donors (Lipinski definition) is 2. The third-order valence-corrected chi connectivity index (χ3v) is 4.12. The molecular weight excluding hydrogens is 344 g/mol. The minimum Gasteiger partial charge on any atom is -0.462 e. The van der Waals surface area contributed by atoms with E-state index in [1.54, 1.807) is 34.6 Å². The fourth-order valence-corrected chi connectivity index (χ4v) is 3.26. The molecule has 1 aromatic heterocycles. The van der Waals surface area contributed by atoms with Gasteiger partial charge in [-0.05, 0) is 46.6 Å². The molecule has 0 aromatic carbocycles. The minimum absolute atomic E-state index is 0.195. The molecule has 1 heterocycles. The molecule has 140 valence electrons.